The highest BCUT2D eigenvalue weighted by Gasteiger charge is 2.25. The first-order valence-corrected chi connectivity index (χ1v) is 3.92. The summed E-state index contributed by atoms with van der Waals surface area (Å²) < 4.78 is 5.49. The van der Waals surface area contributed by atoms with Crippen LogP contribution in [-0.4, -0.2) is 11.2 Å². The van der Waals surface area contributed by atoms with Gasteiger partial charge in [0.2, 0.25) is 0 Å². The quantitative estimate of drug-likeness (QED) is 0.587. The minimum absolute atomic E-state index is 0.139. The van der Waals surface area contributed by atoms with E-state index in [4.69, 9.17) is 0 Å². The van der Waals surface area contributed by atoms with Crippen molar-refractivity contribution in [2.75, 3.05) is 0 Å². The molecule has 0 aromatic carbocycles. The number of carbonyl (C=O) groups is 1. The number of hydrogen-bond acceptors (Lipinski definition) is 4. The van der Waals surface area contributed by atoms with Gasteiger partial charge in [-0.3, -0.25) is 4.52 Å². The van der Waals surface area contributed by atoms with Gasteiger partial charge >= 0.3 is 11.3 Å². The number of hydrogen-bond donors (Lipinski definition) is 1. The van der Waals surface area contributed by atoms with Crippen LogP contribution in [0.3, 0.4) is 0 Å². The number of aromatic carboxylic acids is 1. The molecule has 0 aliphatic carbocycles. The van der Waals surface area contributed by atoms with Crippen LogP contribution in [0, 0.1) is 0 Å². The van der Waals surface area contributed by atoms with E-state index < -0.39 is 17.3 Å². The maximum atomic E-state index is 10.9. The number of carboxylic acids is 1. The van der Waals surface area contributed by atoms with E-state index in [2.05, 4.69) is 9.79 Å². The van der Waals surface area contributed by atoms with Gasteiger partial charge in [0.05, 0.1) is 0 Å². The lowest BCUT2D eigenvalue weighted by molar-refractivity contribution is -0.785. The van der Waals surface area contributed by atoms with Gasteiger partial charge in [0.1, 0.15) is 5.97 Å². The molecule has 0 aliphatic rings. The van der Waals surface area contributed by atoms with Gasteiger partial charge in [-0.1, -0.05) is 11.6 Å². The maximum Gasteiger partial charge on any atom is 0.436 e. The number of carbonyl (C=O) groups excluding carboxylic acids is 1. The fraction of sp³-hybridized carbons (Fsp3) is 0.571. The molecule has 6 heteroatoms. The number of carboxylic acid groups (broad SMARTS) is 1. The SMILES string of the molecule is CCC(C)[n+]1[nH]oc(=O)c1C(=O)[O-]. The molecule has 0 amide bonds. The van der Waals surface area contributed by atoms with Gasteiger partial charge in [-0.05, 0) is 5.27 Å². The van der Waals surface area contributed by atoms with Gasteiger partial charge in [-0.15, -0.1) is 0 Å². The third-order valence-electron chi connectivity index (χ3n) is 1.90. The highest BCUT2D eigenvalue weighted by molar-refractivity contribution is 5.80. The number of aromatic amines is 1. The molecule has 0 saturated heterocycles. The van der Waals surface area contributed by atoms with E-state index in [-0.39, 0.29) is 6.04 Å². The number of nitrogens with zero attached hydrogens (tertiary/aromatic N) is 1. The molecule has 0 bridgehead atoms. The summed E-state index contributed by atoms with van der Waals surface area (Å²) in [5, 5.41) is 12.7. The monoisotopic (exact) mass is 186 g/mol. The number of rotatable bonds is 3. The largest absolute Gasteiger partial charge is 0.539 e. The maximum absolute atomic E-state index is 10.9. The summed E-state index contributed by atoms with van der Waals surface area (Å²) in [5.41, 5.74) is -1.39. The Morgan fingerprint density at radius 1 is 1.77 bits per heavy atom. The van der Waals surface area contributed by atoms with Gasteiger partial charge < -0.3 is 9.90 Å². The fourth-order valence-electron chi connectivity index (χ4n) is 0.958. The van der Waals surface area contributed by atoms with Crippen LogP contribution >= 0.6 is 0 Å². The zero-order valence-electron chi connectivity index (χ0n) is 7.36. The second-order valence-corrected chi connectivity index (χ2v) is 2.74. The summed E-state index contributed by atoms with van der Waals surface area (Å²) in [6.45, 7) is 3.62. The molecule has 0 spiro atoms. The molecule has 13 heavy (non-hydrogen) atoms. The van der Waals surface area contributed by atoms with Gasteiger partial charge in [-0.2, -0.15) is 0 Å². The van der Waals surface area contributed by atoms with Crippen molar-refractivity contribution in [2.24, 2.45) is 0 Å². The Hall–Kier alpha value is -1.59. The zero-order chi connectivity index (χ0) is 10.0. The van der Waals surface area contributed by atoms with Crippen LogP contribution in [0.4, 0.5) is 0 Å². The average Bonchev–Trinajstić information content (AvgIpc) is 2.45. The van der Waals surface area contributed by atoms with Crippen LogP contribution < -0.4 is 15.4 Å². The molecular formula is C7H10N2O4. The number of nitrogens with one attached hydrogen (secondary N) is 1. The van der Waals surface area contributed by atoms with Crippen LogP contribution in [0.1, 0.15) is 36.8 Å². The van der Waals surface area contributed by atoms with Crippen LogP contribution in [-0.2, 0) is 0 Å². The van der Waals surface area contributed by atoms with E-state index >= 15 is 0 Å². The number of H-pyrrole nitrogens is 1. The topological polar surface area (TPSA) is 90.0 Å². The Kier molecular flexibility index (Phi) is 2.50. The van der Waals surface area contributed by atoms with Crippen molar-refractivity contribution >= 4 is 5.97 Å². The lowest BCUT2D eigenvalue weighted by Crippen LogP contribution is -2.49. The Labute approximate surface area is 73.7 Å². The van der Waals surface area contributed by atoms with Crippen LogP contribution in [0.15, 0.2) is 9.32 Å². The van der Waals surface area contributed by atoms with Crippen molar-refractivity contribution in [2.45, 2.75) is 26.3 Å². The highest BCUT2D eigenvalue weighted by Crippen LogP contribution is 1.98. The van der Waals surface area contributed by atoms with Gasteiger partial charge in [-0.25, -0.2) is 4.79 Å². The van der Waals surface area contributed by atoms with E-state index in [1.807, 2.05) is 6.92 Å². The van der Waals surface area contributed by atoms with Crippen LogP contribution in [0.2, 0.25) is 0 Å². The first-order chi connectivity index (χ1) is 6.07. The predicted octanol–water partition coefficient (Wildman–Crippen LogP) is -1.41. The molecule has 1 aromatic heterocycles. The molecule has 1 N–H and O–H groups in total. The van der Waals surface area contributed by atoms with Gasteiger partial charge in [0.25, 0.3) is 0 Å². The second kappa shape index (κ2) is 3.42. The van der Waals surface area contributed by atoms with Crippen molar-refractivity contribution in [3.05, 3.63) is 16.1 Å². The molecule has 0 radical (unpaired) electrons. The molecule has 1 atom stereocenters. The molecule has 0 aliphatic heterocycles. The fourth-order valence-corrected chi connectivity index (χ4v) is 0.958. The third kappa shape index (κ3) is 1.61. The number of aromatic nitrogens is 2. The Balaban J connectivity index is 3.22. The van der Waals surface area contributed by atoms with E-state index in [9.17, 15) is 14.7 Å². The van der Waals surface area contributed by atoms with E-state index in [1.54, 1.807) is 6.92 Å². The average molecular weight is 186 g/mol. The third-order valence-corrected chi connectivity index (χ3v) is 1.90. The summed E-state index contributed by atoms with van der Waals surface area (Å²) in [4.78, 5) is 21.4. The highest BCUT2D eigenvalue weighted by atomic mass is 16.5. The molecule has 6 nitrogen and oxygen atoms in total. The molecule has 1 unspecified atom stereocenters. The molecular weight excluding hydrogens is 176 g/mol. The van der Waals surface area contributed by atoms with E-state index in [0.29, 0.717) is 6.42 Å². The van der Waals surface area contributed by atoms with Crippen molar-refractivity contribution in [1.82, 2.24) is 5.27 Å². The van der Waals surface area contributed by atoms with Gasteiger partial charge in [0, 0.05) is 13.3 Å². The molecule has 0 fully saturated rings. The van der Waals surface area contributed by atoms with Crippen molar-refractivity contribution < 1.29 is 19.1 Å². The summed E-state index contributed by atoms with van der Waals surface area (Å²) in [6.07, 6.45) is 0.681. The first-order valence-electron chi connectivity index (χ1n) is 3.92. The molecule has 1 rings (SSSR count). The van der Waals surface area contributed by atoms with Crippen molar-refractivity contribution in [3.8, 4) is 0 Å². The minimum atomic E-state index is -1.53. The summed E-state index contributed by atoms with van der Waals surface area (Å²) in [6, 6.07) is -0.139. The minimum Gasteiger partial charge on any atom is -0.539 e. The first kappa shape index (κ1) is 9.50. The predicted molar refractivity (Wildman–Crippen MR) is 38.9 cm³/mol. The Bertz CT molecular complexity index is 365. The van der Waals surface area contributed by atoms with E-state index in [1.165, 1.54) is 0 Å². The van der Waals surface area contributed by atoms with Crippen LogP contribution in [0.25, 0.3) is 0 Å². The van der Waals surface area contributed by atoms with Crippen molar-refractivity contribution in [1.29, 1.82) is 0 Å². The Morgan fingerprint density at radius 3 is 2.85 bits per heavy atom. The summed E-state index contributed by atoms with van der Waals surface area (Å²) in [5.74, 6) is -1.53. The van der Waals surface area contributed by atoms with Gasteiger partial charge in [0.15, 0.2) is 6.04 Å². The molecule has 0 saturated carbocycles. The van der Waals surface area contributed by atoms with Crippen LogP contribution in [0.5, 0.6) is 0 Å². The smallest absolute Gasteiger partial charge is 0.436 e. The zero-order valence-corrected chi connectivity index (χ0v) is 7.36. The molecule has 1 heterocycles. The summed E-state index contributed by atoms with van der Waals surface area (Å²) >= 11 is 0. The normalized spacial score (nSPS) is 12.8. The van der Waals surface area contributed by atoms with Crippen molar-refractivity contribution in [3.63, 3.8) is 0 Å². The lowest BCUT2D eigenvalue weighted by Gasteiger charge is -2.00. The lowest BCUT2D eigenvalue weighted by atomic mass is 10.2. The van der Waals surface area contributed by atoms with E-state index in [0.717, 1.165) is 4.68 Å². The summed E-state index contributed by atoms with van der Waals surface area (Å²) in [7, 11) is 0. The standard InChI is InChI=1S/C7H10N2O4/c1-3-4(2)9-5(6(10)11)7(12)13-8-9/h4H,3H2,1-2H3,(H-,8,10,11,12). The Morgan fingerprint density at radius 2 is 2.38 bits per heavy atom. The molecule has 72 valence electrons. The molecule has 1 aromatic rings. The second-order valence-electron chi connectivity index (χ2n) is 2.74.